The molecular formula is C27H21F3N4OS. The van der Waals surface area contributed by atoms with Gasteiger partial charge in [0.05, 0.1) is 11.4 Å². The summed E-state index contributed by atoms with van der Waals surface area (Å²) in [6, 6.07) is 18.2. The molecule has 5 rings (SSSR count). The summed E-state index contributed by atoms with van der Waals surface area (Å²) < 4.78 is 42.7. The van der Waals surface area contributed by atoms with Gasteiger partial charge >= 0.3 is 6.03 Å². The Morgan fingerprint density at radius 2 is 1.72 bits per heavy atom. The number of aromatic nitrogens is 2. The SMILES string of the molecule is O=C(Nc1ccc(F)cc1F)N(CCc1csc2nc(-c3ccc(F)cc3)cn12)Cc1ccccc1. The monoisotopic (exact) mass is 506 g/mol. The van der Waals surface area contributed by atoms with Crippen molar-refractivity contribution in [2.45, 2.75) is 13.0 Å². The predicted molar refractivity (Wildman–Crippen MR) is 134 cm³/mol. The van der Waals surface area contributed by atoms with E-state index in [4.69, 9.17) is 0 Å². The second-order valence-corrected chi connectivity index (χ2v) is 9.06. The molecule has 0 bridgehead atoms. The molecule has 36 heavy (non-hydrogen) atoms. The third-order valence-corrected chi connectivity index (χ3v) is 6.63. The van der Waals surface area contributed by atoms with Crippen LogP contribution in [0.1, 0.15) is 11.3 Å². The van der Waals surface area contributed by atoms with Gasteiger partial charge in [-0.2, -0.15) is 0 Å². The van der Waals surface area contributed by atoms with Crippen LogP contribution >= 0.6 is 11.3 Å². The second-order valence-electron chi connectivity index (χ2n) is 8.22. The number of anilines is 1. The molecule has 0 atom stereocenters. The van der Waals surface area contributed by atoms with Gasteiger partial charge in [0.25, 0.3) is 0 Å². The highest BCUT2D eigenvalue weighted by atomic mass is 32.1. The zero-order valence-corrected chi connectivity index (χ0v) is 19.8. The zero-order chi connectivity index (χ0) is 25.1. The molecule has 0 saturated heterocycles. The summed E-state index contributed by atoms with van der Waals surface area (Å²) in [5.74, 6) is -1.86. The van der Waals surface area contributed by atoms with Crippen molar-refractivity contribution in [3.05, 3.63) is 113 Å². The van der Waals surface area contributed by atoms with E-state index in [2.05, 4.69) is 10.3 Å². The molecule has 9 heteroatoms. The fourth-order valence-electron chi connectivity index (χ4n) is 3.86. The van der Waals surface area contributed by atoms with Gasteiger partial charge in [0.1, 0.15) is 17.5 Å². The van der Waals surface area contributed by atoms with Gasteiger partial charge in [0.2, 0.25) is 0 Å². The molecule has 0 unspecified atom stereocenters. The highest BCUT2D eigenvalue weighted by molar-refractivity contribution is 7.15. The number of nitrogens with one attached hydrogen (secondary N) is 1. The summed E-state index contributed by atoms with van der Waals surface area (Å²) in [6.07, 6.45) is 2.41. The number of fused-ring (bicyclic) bond motifs is 1. The Kier molecular flexibility index (Phi) is 6.73. The largest absolute Gasteiger partial charge is 0.322 e. The molecule has 5 aromatic rings. The maximum atomic E-state index is 14.1. The molecule has 2 heterocycles. The first-order valence-corrected chi connectivity index (χ1v) is 12.1. The molecule has 0 aliphatic heterocycles. The van der Waals surface area contributed by atoms with Gasteiger partial charge in [-0.1, -0.05) is 30.3 Å². The summed E-state index contributed by atoms with van der Waals surface area (Å²) in [5.41, 5.74) is 3.33. The standard InChI is InChI=1S/C27H21F3N4OS/c28-20-8-6-19(7-9-20)25-16-34-22(17-36-27(34)32-25)12-13-33(15-18-4-2-1-3-5-18)26(35)31-24-11-10-21(29)14-23(24)30/h1-11,14,16-17H,12-13,15H2,(H,31,35). The molecule has 0 fully saturated rings. The minimum absolute atomic E-state index is 0.0871. The maximum absolute atomic E-state index is 14.1. The van der Waals surface area contributed by atoms with Crippen molar-refractivity contribution in [3.8, 4) is 11.3 Å². The first-order chi connectivity index (χ1) is 17.5. The molecule has 0 aliphatic rings. The van der Waals surface area contributed by atoms with Crippen LogP contribution in [-0.4, -0.2) is 26.9 Å². The lowest BCUT2D eigenvalue weighted by atomic mass is 10.2. The third kappa shape index (κ3) is 5.26. The van der Waals surface area contributed by atoms with Crippen molar-refractivity contribution < 1.29 is 18.0 Å². The fourth-order valence-corrected chi connectivity index (χ4v) is 4.77. The number of amides is 2. The highest BCUT2D eigenvalue weighted by Gasteiger charge is 2.18. The molecule has 0 aliphatic carbocycles. The minimum atomic E-state index is -0.839. The number of benzene rings is 3. The van der Waals surface area contributed by atoms with E-state index in [-0.39, 0.29) is 11.5 Å². The summed E-state index contributed by atoms with van der Waals surface area (Å²) in [6.45, 7) is 0.660. The minimum Gasteiger partial charge on any atom is -0.320 e. The van der Waals surface area contributed by atoms with Crippen LogP contribution < -0.4 is 5.32 Å². The van der Waals surface area contributed by atoms with Gasteiger partial charge in [-0.15, -0.1) is 11.3 Å². The first-order valence-electron chi connectivity index (χ1n) is 11.2. The lowest BCUT2D eigenvalue weighted by molar-refractivity contribution is 0.209. The van der Waals surface area contributed by atoms with E-state index in [9.17, 15) is 18.0 Å². The number of rotatable bonds is 7. The van der Waals surface area contributed by atoms with Crippen LogP contribution in [0.25, 0.3) is 16.2 Å². The van der Waals surface area contributed by atoms with Crippen molar-refractivity contribution in [2.24, 2.45) is 0 Å². The number of thiazole rings is 1. The smallest absolute Gasteiger partial charge is 0.320 e. The predicted octanol–water partition coefficient (Wildman–Crippen LogP) is 6.76. The van der Waals surface area contributed by atoms with Crippen LogP contribution in [-0.2, 0) is 13.0 Å². The zero-order valence-electron chi connectivity index (χ0n) is 19.0. The molecule has 0 radical (unpaired) electrons. The van der Waals surface area contributed by atoms with Crippen LogP contribution in [0, 0.1) is 17.5 Å². The van der Waals surface area contributed by atoms with Crippen LogP contribution in [0.15, 0.2) is 84.4 Å². The van der Waals surface area contributed by atoms with Crippen LogP contribution in [0.2, 0.25) is 0 Å². The van der Waals surface area contributed by atoms with E-state index in [0.717, 1.165) is 39.6 Å². The van der Waals surface area contributed by atoms with Crippen LogP contribution in [0.4, 0.5) is 23.7 Å². The number of hydrogen-bond acceptors (Lipinski definition) is 3. The molecule has 3 aromatic carbocycles. The Hall–Kier alpha value is -4.11. The van der Waals surface area contributed by atoms with Gasteiger partial charge in [0.15, 0.2) is 4.96 Å². The lowest BCUT2D eigenvalue weighted by Crippen LogP contribution is -2.36. The number of halogens is 3. The van der Waals surface area contributed by atoms with E-state index in [1.54, 1.807) is 17.0 Å². The molecule has 5 nitrogen and oxygen atoms in total. The number of carbonyl (C=O) groups is 1. The van der Waals surface area contributed by atoms with Crippen molar-refractivity contribution >= 4 is 28.0 Å². The van der Waals surface area contributed by atoms with Gasteiger partial charge < -0.3 is 10.2 Å². The van der Waals surface area contributed by atoms with Crippen molar-refractivity contribution in [1.82, 2.24) is 14.3 Å². The normalized spacial score (nSPS) is 11.1. The van der Waals surface area contributed by atoms with Gasteiger partial charge in [0, 0.05) is 48.4 Å². The molecular weight excluding hydrogens is 485 g/mol. The summed E-state index contributed by atoms with van der Waals surface area (Å²) >= 11 is 1.48. The number of imidazole rings is 1. The Morgan fingerprint density at radius 1 is 0.972 bits per heavy atom. The maximum Gasteiger partial charge on any atom is 0.322 e. The molecule has 182 valence electrons. The highest BCUT2D eigenvalue weighted by Crippen LogP contribution is 2.25. The second kappa shape index (κ2) is 10.2. The quantitative estimate of drug-likeness (QED) is 0.265. The number of carbonyl (C=O) groups excluding carboxylic acids is 1. The fraction of sp³-hybridized carbons (Fsp3) is 0.111. The molecule has 2 aromatic heterocycles. The number of hydrogen-bond donors (Lipinski definition) is 1. The third-order valence-electron chi connectivity index (χ3n) is 5.74. The molecule has 2 amide bonds. The topological polar surface area (TPSA) is 49.6 Å². The van der Waals surface area contributed by atoms with E-state index in [1.807, 2.05) is 46.3 Å². The average Bonchev–Trinajstić information content (AvgIpc) is 3.46. The Balaban J connectivity index is 1.35. The van der Waals surface area contributed by atoms with E-state index in [0.29, 0.717) is 19.5 Å². The summed E-state index contributed by atoms with van der Waals surface area (Å²) in [7, 11) is 0. The van der Waals surface area contributed by atoms with Crippen molar-refractivity contribution in [1.29, 1.82) is 0 Å². The number of nitrogens with zero attached hydrogens (tertiary/aromatic N) is 3. The Morgan fingerprint density at radius 3 is 2.47 bits per heavy atom. The summed E-state index contributed by atoms with van der Waals surface area (Å²) in [4.78, 5) is 20.1. The van der Waals surface area contributed by atoms with Crippen LogP contribution in [0.5, 0.6) is 0 Å². The van der Waals surface area contributed by atoms with Gasteiger partial charge in [-0.3, -0.25) is 4.40 Å². The number of urea groups is 1. The molecule has 0 saturated carbocycles. The van der Waals surface area contributed by atoms with Crippen molar-refractivity contribution in [2.75, 3.05) is 11.9 Å². The van der Waals surface area contributed by atoms with Gasteiger partial charge in [-0.25, -0.2) is 22.9 Å². The van der Waals surface area contributed by atoms with Gasteiger partial charge in [-0.05, 0) is 42.0 Å². The van der Waals surface area contributed by atoms with E-state index < -0.39 is 17.7 Å². The first kappa shape index (κ1) is 23.6. The Bertz CT molecular complexity index is 1500. The van der Waals surface area contributed by atoms with Crippen LogP contribution in [0.3, 0.4) is 0 Å². The summed E-state index contributed by atoms with van der Waals surface area (Å²) in [5, 5.41) is 4.53. The molecule has 1 N–H and O–H groups in total. The molecule has 0 spiro atoms. The lowest BCUT2D eigenvalue weighted by Gasteiger charge is -2.23. The Labute approximate surface area is 209 Å². The van der Waals surface area contributed by atoms with Crippen molar-refractivity contribution in [3.63, 3.8) is 0 Å². The van der Waals surface area contributed by atoms with E-state index in [1.165, 1.54) is 29.5 Å². The van der Waals surface area contributed by atoms with E-state index >= 15 is 0 Å². The average molecular weight is 507 g/mol.